The van der Waals surface area contributed by atoms with Crippen LogP contribution in [0.1, 0.15) is 136 Å². The standard InChI is InChI=1S/C23H48O2/c1-3-5-6-7-8-9-10-11-12-13-14-15-16-17-18-19-20-21-22-25-23(24)4-2/h23-24H,3-22H2,1-2H3. The molecule has 0 aromatic heterocycles. The fourth-order valence-corrected chi connectivity index (χ4v) is 3.34. The molecule has 1 unspecified atom stereocenters. The molecule has 152 valence electrons. The van der Waals surface area contributed by atoms with E-state index < -0.39 is 6.29 Å². The van der Waals surface area contributed by atoms with Crippen LogP contribution in [0.2, 0.25) is 0 Å². The molecule has 0 spiro atoms. The quantitative estimate of drug-likeness (QED) is 0.168. The number of aliphatic hydroxyl groups is 1. The molecule has 0 saturated carbocycles. The molecule has 1 atom stereocenters. The monoisotopic (exact) mass is 356 g/mol. The van der Waals surface area contributed by atoms with Crippen LogP contribution in [0.5, 0.6) is 0 Å². The number of aliphatic hydroxyl groups excluding tert-OH is 1. The zero-order chi connectivity index (χ0) is 18.4. The van der Waals surface area contributed by atoms with E-state index in [0.717, 1.165) is 6.42 Å². The molecule has 0 aliphatic carbocycles. The van der Waals surface area contributed by atoms with E-state index in [2.05, 4.69) is 6.92 Å². The fraction of sp³-hybridized carbons (Fsp3) is 1.00. The van der Waals surface area contributed by atoms with Gasteiger partial charge in [-0.1, -0.05) is 123 Å². The highest BCUT2D eigenvalue weighted by atomic mass is 16.6. The molecule has 0 aliphatic heterocycles. The summed E-state index contributed by atoms with van der Waals surface area (Å²) < 4.78 is 5.28. The van der Waals surface area contributed by atoms with E-state index in [4.69, 9.17) is 4.74 Å². The van der Waals surface area contributed by atoms with Crippen molar-refractivity contribution < 1.29 is 9.84 Å². The van der Waals surface area contributed by atoms with Gasteiger partial charge in [0.05, 0.1) is 0 Å². The van der Waals surface area contributed by atoms with Gasteiger partial charge in [0.1, 0.15) is 0 Å². The van der Waals surface area contributed by atoms with Crippen molar-refractivity contribution in [3.05, 3.63) is 0 Å². The van der Waals surface area contributed by atoms with Crippen LogP contribution in [0.4, 0.5) is 0 Å². The predicted octanol–water partition coefficient (Wildman–Crippen LogP) is 7.77. The second kappa shape index (κ2) is 22.0. The number of unbranched alkanes of at least 4 members (excludes halogenated alkanes) is 17. The maximum absolute atomic E-state index is 9.28. The summed E-state index contributed by atoms with van der Waals surface area (Å²) >= 11 is 0. The third-order valence-corrected chi connectivity index (χ3v) is 5.16. The minimum absolute atomic E-state index is 0.550. The molecule has 0 aromatic carbocycles. The number of ether oxygens (including phenoxy) is 1. The Bertz CT molecular complexity index is 230. The molecule has 25 heavy (non-hydrogen) atoms. The fourth-order valence-electron chi connectivity index (χ4n) is 3.34. The number of rotatable bonds is 21. The number of hydrogen-bond donors (Lipinski definition) is 1. The summed E-state index contributed by atoms with van der Waals surface area (Å²) in [6, 6.07) is 0. The zero-order valence-corrected chi connectivity index (χ0v) is 17.6. The van der Waals surface area contributed by atoms with Gasteiger partial charge in [0.25, 0.3) is 0 Å². The molecule has 2 nitrogen and oxygen atoms in total. The summed E-state index contributed by atoms with van der Waals surface area (Å²) in [5.74, 6) is 0. The molecule has 0 saturated heterocycles. The first-order chi connectivity index (χ1) is 12.3. The normalized spacial score (nSPS) is 12.6. The SMILES string of the molecule is CCCCCCCCCCCCCCCCCCCCOC(O)CC. The molecule has 0 radical (unpaired) electrons. The first kappa shape index (κ1) is 24.9. The predicted molar refractivity (Wildman–Crippen MR) is 111 cm³/mol. The van der Waals surface area contributed by atoms with E-state index in [1.165, 1.54) is 109 Å². The molecule has 0 rings (SSSR count). The summed E-state index contributed by atoms with van der Waals surface area (Å²) in [4.78, 5) is 0. The van der Waals surface area contributed by atoms with Gasteiger partial charge in [0, 0.05) is 6.61 Å². The Hall–Kier alpha value is -0.0800. The van der Waals surface area contributed by atoms with Crippen LogP contribution in [0.15, 0.2) is 0 Å². The largest absolute Gasteiger partial charge is 0.368 e. The molecular formula is C23H48O2. The van der Waals surface area contributed by atoms with Crippen molar-refractivity contribution in [2.45, 2.75) is 142 Å². The van der Waals surface area contributed by atoms with Crippen molar-refractivity contribution in [2.24, 2.45) is 0 Å². The van der Waals surface area contributed by atoms with Gasteiger partial charge in [0.2, 0.25) is 0 Å². The lowest BCUT2D eigenvalue weighted by Crippen LogP contribution is -2.10. The molecule has 0 amide bonds. The average molecular weight is 357 g/mol. The lowest BCUT2D eigenvalue weighted by molar-refractivity contribution is -0.101. The summed E-state index contributed by atoms with van der Waals surface area (Å²) in [6.07, 6.45) is 25.3. The van der Waals surface area contributed by atoms with Crippen LogP contribution in [0.3, 0.4) is 0 Å². The van der Waals surface area contributed by atoms with Crippen molar-refractivity contribution >= 4 is 0 Å². The molecule has 2 heteroatoms. The Morgan fingerprint density at radius 3 is 1.16 bits per heavy atom. The molecule has 0 aromatic rings. The van der Waals surface area contributed by atoms with Gasteiger partial charge in [-0.05, 0) is 12.8 Å². The molecule has 1 N–H and O–H groups in total. The first-order valence-electron chi connectivity index (χ1n) is 11.6. The van der Waals surface area contributed by atoms with Crippen LogP contribution < -0.4 is 0 Å². The van der Waals surface area contributed by atoms with E-state index in [9.17, 15) is 5.11 Å². The zero-order valence-electron chi connectivity index (χ0n) is 17.6. The maximum Gasteiger partial charge on any atom is 0.154 e. The molecule has 0 fully saturated rings. The molecule has 0 heterocycles. The Morgan fingerprint density at radius 2 is 0.840 bits per heavy atom. The third kappa shape index (κ3) is 21.9. The van der Waals surface area contributed by atoms with Gasteiger partial charge >= 0.3 is 0 Å². The van der Waals surface area contributed by atoms with E-state index >= 15 is 0 Å². The first-order valence-corrected chi connectivity index (χ1v) is 11.6. The third-order valence-electron chi connectivity index (χ3n) is 5.16. The number of hydrogen-bond acceptors (Lipinski definition) is 2. The Balaban J connectivity index is 2.98. The summed E-state index contributed by atoms with van der Waals surface area (Å²) in [5.41, 5.74) is 0. The highest BCUT2D eigenvalue weighted by Crippen LogP contribution is 2.14. The smallest absolute Gasteiger partial charge is 0.154 e. The molecular weight excluding hydrogens is 308 g/mol. The lowest BCUT2D eigenvalue weighted by Gasteiger charge is -2.08. The van der Waals surface area contributed by atoms with Gasteiger partial charge in [-0.25, -0.2) is 0 Å². The topological polar surface area (TPSA) is 29.5 Å². The van der Waals surface area contributed by atoms with Gasteiger partial charge < -0.3 is 9.84 Å². The molecule has 0 bridgehead atoms. The second-order valence-corrected chi connectivity index (χ2v) is 7.74. The highest BCUT2D eigenvalue weighted by Gasteiger charge is 1.99. The van der Waals surface area contributed by atoms with Crippen LogP contribution >= 0.6 is 0 Å². The lowest BCUT2D eigenvalue weighted by atomic mass is 10.0. The van der Waals surface area contributed by atoms with Crippen molar-refractivity contribution in [2.75, 3.05) is 6.61 Å². The minimum atomic E-state index is -0.550. The van der Waals surface area contributed by atoms with E-state index in [1.54, 1.807) is 0 Å². The summed E-state index contributed by atoms with van der Waals surface area (Å²) in [5, 5.41) is 9.28. The van der Waals surface area contributed by atoms with Gasteiger partial charge in [-0.3, -0.25) is 0 Å². The van der Waals surface area contributed by atoms with Crippen LogP contribution in [0, 0.1) is 0 Å². The summed E-state index contributed by atoms with van der Waals surface area (Å²) in [6.45, 7) is 4.95. The average Bonchev–Trinajstić information content (AvgIpc) is 2.63. The van der Waals surface area contributed by atoms with Gasteiger partial charge in [0.15, 0.2) is 6.29 Å². The van der Waals surface area contributed by atoms with Crippen molar-refractivity contribution in [1.82, 2.24) is 0 Å². The van der Waals surface area contributed by atoms with Crippen molar-refractivity contribution in [1.29, 1.82) is 0 Å². The Morgan fingerprint density at radius 1 is 0.520 bits per heavy atom. The van der Waals surface area contributed by atoms with Gasteiger partial charge in [-0.15, -0.1) is 0 Å². The Labute approximate surface area is 159 Å². The van der Waals surface area contributed by atoms with Crippen LogP contribution in [0.25, 0.3) is 0 Å². The van der Waals surface area contributed by atoms with Crippen molar-refractivity contribution in [3.8, 4) is 0 Å². The van der Waals surface area contributed by atoms with Crippen LogP contribution in [-0.4, -0.2) is 18.0 Å². The second-order valence-electron chi connectivity index (χ2n) is 7.74. The van der Waals surface area contributed by atoms with Crippen LogP contribution in [-0.2, 0) is 4.74 Å². The summed E-state index contributed by atoms with van der Waals surface area (Å²) in [7, 11) is 0. The minimum Gasteiger partial charge on any atom is -0.368 e. The van der Waals surface area contributed by atoms with E-state index in [-0.39, 0.29) is 0 Å². The van der Waals surface area contributed by atoms with E-state index in [0.29, 0.717) is 13.0 Å². The molecule has 0 aliphatic rings. The van der Waals surface area contributed by atoms with Gasteiger partial charge in [-0.2, -0.15) is 0 Å². The van der Waals surface area contributed by atoms with Crippen molar-refractivity contribution in [3.63, 3.8) is 0 Å². The highest BCUT2D eigenvalue weighted by molar-refractivity contribution is 4.50. The van der Waals surface area contributed by atoms with E-state index in [1.807, 2.05) is 6.92 Å². The Kier molecular flexibility index (Phi) is 21.9. The maximum atomic E-state index is 9.28.